The van der Waals surface area contributed by atoms with E-state index in [0.717, 1.165) is 0 Å². The SMILES string of the molecule is CCOP(=O)(OCC)O[n+]1ccccc1. The van der Waals surface area contributed by atoms with Crippen LogP contribution in [0.5, 0.6) is 0 Å². The van der Waals surface area contributed by atoms with Gasteiger partial charge < -0.3 is 0 Å². The van der Waals surface area contributed by atoms with E-state index in [4.69, 9.17) is 13.7 Å². The van der Waals surface area contributed by atoms with Crippen LogP contribution in [0.25, 0.3) is 0 Å². The molecule has 1 heterocycles. The lowest BCUT2D eigenvalue weighted by atomic mass is 10.5. The third kappa shape index (κ3) is 4.00. The first-order valence-corrected chi connectivity index (χ1v) is 6.21. The van der Waals surface area contributed by atoms with Gasteiger partial charge in [0.15, 0.2) is 0 Å². The number of phosphoric acid groups is 1. The van der Waals surface area contributed by atoms with Gasteiger partial charge in [-0.05, 0) is 13.8 Å². The van der Waals surface area contributed by atoms with Gasteiger partial charge in [-0.15, -0.1) is 0 Å². The summed E-state index contributed by atoms with van der Waals surface area (Å²) in [6.07, 6.45) is 3.23. The molecule has 0 saturated carbocycles. The first kappa shape index (κ1) is 12.2. The summed E-state index contributed by atoms with van der Waals surface area (Å²) in [7, 11) is -3.48. The summed E-state index contributed by atoms with van der Waals surface area (Å²) in [4.78, 5) is 0. The monoisotopic (exact) mass is 232 g/mol. The first-order chi connectivity index (χ1) is 7.20. The fourth-order valence-corrected chi connectivity index (χ4v) is 2.09. The second-order valence-electron chi connectivity index (χ2n) is 2.60. The summed E-state index contributed by atoms with van der Waals surface area (Å²) in [5.74, 6) is 0. The minimum Gasteiger partial charge on any atom is -0.274 e. The second-order valence-corrected chi connectivity index (χ2v) is 4.17. The molecule has 0 atom stereocenters. The molecule has 0 bridgehead atoms. The number of hydrogen-bond acceptors (Lipinski definition) is 4. The van der Waals surface area contributed by atoms with E-state index in [9.17, 15) is 4.57 Å². The van der Waals surface area contributed by atoms with E-state index in [0.29, 0.717) is 0 Å². The predicted molar refractivity (Wildman–Crippen MR) is 54.1 cm³/mol. The van der Waals surface area contributed by atoms with Gasteiger partial charge in [-0.25, -0.2) is 4.57 Å². The molecule has 5 nitrogen and oxygen atoms in total. The molecule has 0 N–H and O–H groups in total. The van der Waals surface area contributed by atoms with Crippen LogP contribution in [0.3, 0.4) is 0 Å². The van der Waals surface area contributed by atoms with Crippen molar-refractivity contribution in [2.75, 3.05) is 13.2 Å². The molecule has 0 radical (unpaired) electrons. The zero-order valence-corrected chi connectivity index (χ0v) is 9.72. The molecule has 0 aliphatic carbocycles. The Morgan fingerprint density at radius 3 is 2.07 bits per heavy atom. The molecule has 6 heteroatoms. The van der Waals surface area contributed by atoms with Gasteiger partial charge in [-0.2, -0.15) is 4.62 Å². The molecular formula is C9H15NO4P+. The van der Waals surface area contributed by atoms with E-state index in [1.54, 1.807) is 38.4 Å². The number of phosphoric ester groups is 1. The second kappa shape index (κ2) is 5.85. The summed E-state index contributed by atoms with van der Waals surface area (Å²) in [6, 6.07) is 5.33. The number of nitrogens with zero attached hydrogens (tertiary/aromatic N) is 1. The van der Waals surface area contributed by atoms with Gasteiger partial charge in [-0.1, -0.05) is 6.07 Å². The van der Waals surface area contributed by atoms with Crippen molar-refractivity contribution >= 4 is 7.82 Å². The molecule has 0 saturated heterocycles. The van der Waals surface area contributed by atoms with Crippen LogP contribution in [-0.2, 0) is 13.6 Å². The van der Waals surface area contributed by atoms with Gasteiger partial charge >= 0.3 is 7.82 Å². The minimum atomic E-state index is -3.48. The Morgan fingerprint density at radius 1 is 1.07 bits per heavy atom. The highest BCUT2D eigenvalue weighted by Crippen LogP contribution is 2.44. The van der Waals surface area contributed by atoms with Crippen molar-refractivity contribution in [1.29, 1.82) is 0 Å². The molecular weight excluding hydrogens is 217 g/mol. The topological polar surface area (TPSA) is 48.6 Å². The molecule has 15 heavy (non-hydrogen) atoms. The molecule has 84 valence electrons. The fourth-order valence-electron chi connectivity index (χ4n) is 0.953. The molecule has 1 rings (SSSR count). The van der Waals surface area contributed by atoms with E-state index in [1.807, 2.05) is 6.07 Å². The molecule has 0 aromatic carbocycles. The lowest BCUT2D eigenvalue weighted by Crippen LogP contribution is -2.40. The largest absolute Gasteiger partial charge is 0.586 e. The number of pyridine rings is 1. The predicted octanol–water partition coefficient (Wildman–Crippen LogP) is 1.58. The van der Waals surface area contributed by atoms with Crippen molar-refractivity contribution in [2.24, 2.45) is 0 Å². The first-order valence-electron chi connectivity index (χ1n) is 4.75. The molecule has 0 aliphatic heterocycles. The zero-order valence-electron chi connectivity index (χ0n) is 8.83. The van der Waals surface area contributed by atoms with Crippen LogP contribution >= 0.6 is 7.82 Å². The Bertz CT molecular complexity index is 320. The molecule has 0 spiro atoms. The van der Waals surface area contributed by atoms with Crippen LogP contribution in [-0.4, -0.2) is 13.2 Å². The lowest BCUT2D eigenvalue weighted by Gasteiger charge is -2.10. The normalized spacial score (nSPS) is 11.3. The van der Waals surface area contributed by atoms with Crippen molar-refractivity contribution in [3.05, 3.63) is 30.6 Å². The smallest absolute Gasteiger partial charge is 0.274 e. The van der Waals surface area contributed by atoms with Crippen molar-refractivity contribution in [3.63, 3.8) is 0 Å². The van der Waals surface area contributed by atoms with Crippen LogP contribution in [0, 0.1) is 0 Å². The maximum Gasteiger partial charge on any atom is 0.586 e. The Kier molecular flexibility index (Phi) is 4.75. The molecule has 0 amide bonds. The van der Waals surface area contributed by atoms with Crippen LogP contribution in [0.1, 0.15) is 13.8 Å². The number of rotatable bonds is 6. The van der Waals surface area contributed by atoms with Crippen molar-refractivity contribution < 1.29 is 23.0 Å². The van der Waals surface area contributed by atoms with E-state index >= 15 is 0 Å². The van der Waals surface area contributed by atoms with Crippen LogP contribution < -0.4 is 9.35 Å². The van der Waals surface area contributed by atoms with E-state index in [-0.39, 0.29) is 13.2 Å². The zero-order chi connectivity index (χ0) is 11.1. The minimum absolute atomic E-state index is 0.269. The van der Waals surface area contributed by atoms with Crippen molar-refractivity contribution in [2.45, 2.75) is 13.8 Å². The lowest BCUT2D eigenvalue weighted by molar-refractivity contribution is -0.861. The van der Waals surface area contributed by atoms with Gasteiger partial charge in [0.25, 0.3) is 0 Å². The average Bonchev–Trinajstić information content (AvgIpc) is 2.19. The Labute approximate surface area is 89.2 Å². The van der Waals surface area contributed by atoms with E-state index in [1.165, 1.54) is 4.73 Å². The molecule has 0 unspecified atom stereocenters. The fraction of sp³-hybridized carbons (Fsp3) is 0.444. The maximum atomic E-state index is 11.9. The molecule has 1 aromatic heterocycles. The highest BCUT2D eigenvalue weighted by atomic mass is 31.2. The summed E-state index contributed by atoms with van der Waals surface area (Å²) in [5.41, 5.74) is 0. The van der Waals surface area contributed by atoms with Gasteiger partial charge in [0.05, 0.1) is 13.2 Å². The van der Waals surface area contributed by atoms with Gasteiger partial charge in [0, 0.05) is 16.9 Å². The van der Waals surface area contributed by atoms with Crippen molar-refractivity contribution in [3.8, 4) is 0 Å². The number of hydrogen-bond donors (Lipinski definition) is 0. The average molecular weight is 232 g/mol. The molecule has 0 aliphatic rings. The Hall–Kier alpha value is -0.900. The third-order valence-corrected chi connectivity index (χ3v) is 2.99. The van der Waals surface area contributed by atoms with Gasteiger partial charge in [0.2, 0.25) is 12.4 Å². The van der Waals surface area contributed by atoms with Gasteiger partial charge in [0.1, 0.15) is 0 Å². The molecule has 0 fully saturated rings. The third-order valence-electron chi connectivity index (χ3n) is 1.46. The summed E-state index contributed by atoms with van der Waals surface area (Å²) >= 11 is 0. The summed E-state index contributed by atoms with van der Waals surface area (Å²) in [6.45, 7) is 3.99. The van der Waals surface area contributed by atoms with Gasteiger partial charge in [-0.3, -0.25) is 9.05 Å². The standard InChI is InChI=1S/C9H15NO4P/c1-3-12-15(11,13-4-2)14-10-8-6-5-7-9-10/h5-9H,3-4H2,1-2H3/q+1. The number of aromatic nitrogens is 1. The van der Waals surface area contributed by atoms with E-state index < -0.39 is 7.82 Å². The Morgan fingerprint density at radius 2 is 1.60 bits per heavy atom. The van der Waals surface area contributed by atoms with Crippen LogP contribution in [0.15, 0.2) is 30.6 Å². The Balaban J connectivity index is 2.71. The quantitative estimate of drug-likeness (QED) is 0.552. The van der Waals surface area contributed by atoms with Crippen molar-refractivity contribution in [1.82, 2.24) is 0 Å². The maximum absolute atomic E-state index is 11.9. The highest BCUT2D eigenvalue weighted by molar-refractivity contribution is 7.48. The summed E-state index contributed by atoms with van der Waals surface area (Å²) in [5, 5.41) is 0. The van der Waals surface area contributed by atoms with E-state index in [2.05, 4.69) is 0 Å². The summed E-state index contributed by atoms with van der Waals surface area (Å²) < 4.78 is 28.2. The van der Waals surface area contributed by atoms with Crippen LogP contribution in [0.4, 0.5) is 0 Å². The highest BCUT2D eigenvalue weighted by Gasteiger charge is 2.32. The van der Waals surface area contributed by atoms with Crippen LogP contribution in [0.2, 0.25) is 0 Å². The molecule has 1 aromatic rings.